The van der Waals surface area contributed by atoms with E-state index in [1.807, 2.05) is 13.8 Å². The molecule has 0 aromatic heterocycles. The van der Waals surface area contributed by atoms with Crippen molar-refractivity contribution in [3.8, 4) is 0 Å². The number of hydrogen-bond donors (Lipinski definition) is 1. The van der Waals surface area contributed by atoms with Gasteiger partial charge in [-0.2, -0.15) is 0 Å². The van der Waals surface area contributed by atoms with Gasteiger partial charge in [0, 0.05) is 8.95 Å². The Kier molecular flexibility index (Phi) is 7.44. The van der Waals surface area contributed by atoms with Gasteiger partial charge in [-0.25, -0.2) is 9.59 Å². The van der Waals surface area contributed by atoms with E-state index in [4.69, 9.17) is 9.84 Å². The molecule has 0 saturated heterocycles. The number of carboxylic acids is 1. The van der Waals surface area contributed by atoms with Crippen molar-refractivity contribution in [1.29, 1.82) is 0 Å². The molecule has 1 aromatic carbocycles. The smallest absolute Gasteiger partial charge is 0.339 e. The van der Waals surface area contributed by atoms with Gasteiger partial charge in [-0.1, -0.05) is 13.8 Å². The molecule has 0 aliphatic carbocycles. The molecule has 20 heavy (non-hydrogen) atoms. The second-order valence-electron chi connectivity index (χ2n) is 4.62. The summed E-state index contributed by atoms with van der Waals surface area (Å²) in [5, 5.41) is 9.08. The van der Waals surface area contributed by atoms with Gasteiger partial charge in [0.15, 0.2) is 0 Å². The van der Waals surface area contributed by atoms with Gasteiger partial charge in [-0.3, -0.25) is 0 Å². The van der Waals surface area contributed by atoms with Crippen LogP contribution in [0, 0.1) is 0 Å². The quantitative estimate of drug-likeness (QED) is 0.706. The number of ether oxygens (including phenoxy) is 1. The second kappa shape index (κ2) is 7.78. The first-order chi connectivity index (χ1) is 9.11. The van der Waals surface area contributed by atoms with Crippen molar-refractivity contribution < 1.29 is 19.4 Å². The molecule has 0 unspecified atom stereocenters. The molecule has 6 heteroatoms. The number of aromatic carboxylic acids is 1. The molecular formula is C14H18Br2O4. The van der Waals surface area contributed by atoms with Gasteiger partial charge >= 0.3 is 11.9 Å². The minimum Gasteiger partial charge on any atom is -0.478 e. The predicted molar refractivity (Wildman–Crippen MR) is 85.3 cm³/mol. The monoisotopic (exact) mass is 408 g/mol. The Hall–Kier alpha value is -0.880. The Morgan fingerprint density at radius 1 is 1.05 bits per heavy atom. The van der Waals surface area contributed by atoms with Crippen molar-refractivity contribution in [1.82, 2.24) is 0 Å². The summed E-state index contributed by atoms with van der Waals surface area (Å²) in [5.41, 5.74) is -0.751. The lowest BCUT2D eigenvalue weighted by atomic mass is 10.1. The van der Waals surface area contributed by atoms with Gasteiger partial charge in [-0.15, -0.1) is 0 Å². The lowest BCUT2D eigenvalue weighted by Gasteiger charge is -2.20. The largest absolute Gasteiger partial charge is 0.478 e. The Bertz CT molecular complexity index is 505. The summed E-state index contributed by atoms with van der Waals surface area (Å²) in [6, 6.07) is 2.80. The molecule has 4 nitrogen and oxygen atoms in total. The van der Waals surface area contributed by atoms with E-state index < -0.39 is 17.5 Å². The number of halogens is 2. The van der Waals surface area contributed by atoms with Gasteiger partial charge in [0.05, 0.1) is 11.1 Å². The van der Waals surface area contributed by atoms with Gasteiger partial charge < -0.3 is 9.84 Å². The average Bonchev–Trinajstić information content (AvgIpc) is 2.32. The highest BCUT2D eigenvalue weighted by Gasteiger charge is 2.24. The molecule has 0 radical (unpaired) electrons. The number of carbonyl (C=O) groups excluding carboxylic acids is 1. The topological polar surface area (TPSA) is 63.6 Å². The molecule has 1 aromatic rings. The average molecular weight is 410 g/mol. The molecule has 0 fully saturated rings. The van der Waals surface area contributed by atoms with Crippen LogP contribution in [0.2, 0.25) is 0 Å². The zero-order valence-electron chi connectivity index (χ0n) is 12.1. The lowest BCUT2D eigenvalue weighted by Crippen LogP contribution is -2.25. The van der Waals surface area contributed by atoms with Gasteiger partial charge in [0.25, 0.3) is 0 Å². The van der Waals surface area contributed by atoms with Crippen molar-refractivity contribution in [2.24, 2.45) is 0 Å². The molecule has 0 amide bonds. The van der Waals surface area contributed by atoms with E-state index in [2.05, 4.69) is 31.9 Å². The molecule has 0 spiro atoms. The fourth-order valence-corrected chi connectivity index (χ4v) is 1.91. The van der Waals surface area contributed by atoms with E-state index in [0.717, 1.165) is 0 Å². The van der Waals surface area contributed by atoms with Crippen molar-refractivity contribution >= 4 is 43.8 Å². The van der Waals surface area contributed by atoms with Crippen LogP contribution in [-0.4, -0.2) is 22.6 Å². The van der Waals surface area contributed by atoms with E-state index >= 15 is 0 Å². The summed E-state index contributed by atoms with van der Waals surface area (Å²) >= 11 is 6.43. The van der Waals surface area contributed by atoms with Crippen LogP contribution < -0.4 is 0 Å². The lowest BCUT2D eigenvalue weighted by molar-refractivity contribution is 0.00657. The van der Waals surface area contributed by atoms with Crippen LogP contribution in [0.15, 0.2) is 21.1 Å². The van der Waals surface area contributed by atoms with Crippen molar-refractivity contribution in [3.05, 3.63) is 32.2 Å². The molecular weight excluding hydrogens is 392 g/mol. The van der Waals surface area contributed by atoms with E-state index in [9.17, 15) is 9.59 Å². The van der Waals surface area contributed by atoms with Crippen LogP contribution >= 0.6 is 31.9 Å². The normalized spacial score (nSPS) is 10.3. The van der Waals surface area contributed by atoms with Crippen LogP contribution in [0.5, 0.6) is 0 Å². The first kappa shape index (κ1) is 19.1. The predicted octanol–water partition coefficient (Wildman–Crippen LogP) is 4.89. The maximum absolute atomic E-state index is 11.9. The standard InChI is InChI=1S/C12H12Br2O4.C2H6/c1-12(2,3)18-11(17)7-5-9(14)8(13)4-6(7)10(15)16;1-2/h4-5H,1-3H3,(H,15,16);1-2H3. The Morgan fingerprint density at radius 2 is 1.45 bits per heavy atom. The first-order valence-corrected chi connectivity index (χ1v) is 7.66. The van der Waals surface area contributed by atoms with Crippen LogP contribution in [0.3, 0.4) is 0 Å². The SMILES string of the molecule is CC.CC(C)(C)OC(=O)c1cc(Br)c(Br)cc1C(=O)O. The fourth-order valence-electron chi connectivity index (χ4n) is 1.23. The maximum Gasteiger partial charge on any atom is 0.339 e. The summed E-state index contributed by atoms with van der Waals surface area (Å²) < 4.78 is 6.32. The Balaban J connectivity index is 0.00000172. The molecule has 0 heterocycles. The molecule has 1 N–H and O–H groups in total. The highest BCUT2D eigenvalue weighted by molar-refractivity contribution is 9.13. The molecule has 1 rings (SSSR count). The fraction of sp³-hybridized carbons (Fsp3) is 0.429. The third-order valence-corrected chi connectivity index (χ3v) is 3.75. The number of esters is 1. The summed E-state index contributed by atoms with van der Waals surface area (Å²) in [6.45, 7) is 9.16. The number of carboxylic acid groups (broad SMARTS) is 1. The number of rotatable bonds is 2. The minimum absolute atomic E-state index is 0.0208. The molecule has 0 bridgehead atoms. The molecule has 112 valence electrons. The highest BCUT2D eigenvalue weighted by Crippen LogP contribution is 2.28. The number of benzene rings is 1. The minimum atomic E-state index is -1.18. The molecule has 0 aliphatic rings. The Morgan fingerprint density at radius 3 is 1.80 bits per heavy atom. The summed E-state index contributed by atoms with van der Waals surface area (Å²) in [5.74, 6) is -1.84. The van der Waals surface area contributed by atoms with E-state index in [-0.39, 0.29) is 11.1 Å². The number of carbonyl (C=O) groups is 2. The van der Waals surface area contributed by atoms with E-state index in [1.165, 1.54) is 12.1 Å². The molecule has 0 atom stereocenters. The highest BCUT2D eigenvalue weighted by atomic mass is 79.9. The first-order valence-electron chi connectivity index (χ1n) is 6.07. The van der Waals surface area contributed by atoms with Gasteiger partial charge in [0.1, 0.15) is 5.60 Å². The third-order valence-electron chi connectivity index (χ3n) is 1.91. The third kappa shape index (κ3) is 5.63. The second-order valence-corrected chi connectivity index (χ2v) is 6.33. The zero-order chi connectivity index (χ0) is 16.1. The van der Waals surface area contributed by atoms with Gasteiger partial charge in [0.2, 0.25) is 0 Å². The van der Waals surface area contributed by atoms with E-state index in [0.29, 0.717) is 8.95 Å². The summed E-state index contributed by atoms with van der Waals surface area (Å²) in [7, 11) is 0. The molecule has 0 saturated carbocycles. The van der Waals surface area contributed by atoms with Gasteiger partial charge in [-0.05, 0) is 64.8 Å². The zero-order valence-corrected chi connectivity index (χ0v) is 15.3. The number of hydrogen-bond acceptors (Lipinski definition) is 3. The van der Waals surface area contributed by atoms with Crippen molar-refractivity contribution in [2.75, 3.05) is 0 Å². The maximum atomic E-state index is 11.9. The summed E-state index contributed by atoms with van der Waals surface area (Å²) in [6.07, 6.45) is 0. The van der Waals surface area contributed by atoms with Crippen LogP contribution in [0.1, 0.15) is 55.3 Å². The summed E-state index contributed by atoms with van der Waals surface area (Å²) in [4.78, 5) is 23.0. The molecule has 0 aliphatic heterocycles. The van der Waals surface area contributed by atoms with Crippen molar-refractivity contribution in [3.63, 3.8) is 0 Å². The van der Waals surface area contributed by atoms with Crippen LogP contribution in [0.25, 0.3) is 0 Å². The van der Waals surface area contributed by atoms with E-state index in [1.54, 1.807) is 20.8 Å². The van der Waals surface area contributed by atoms with Crippen LogP contribution in [0.4, 0.5) is 0 Å². The Labute approximate surface area is 135 Å². The van der Waals surface area contributed by atoms with Crippen molar-refractivity contribution in [2.45, 2.75) is 40.2 Å². The van der Waals surface area contributed by atoms with Crippen LogP contribution in [-0.2, 0) is 4.74 Å².